The van der Waals surface area contributed by atoms with E-state index in [1.54, 1.807) is 6.92 Å². The highest BCUT2D eigenvalue weighted by molar-refractivity contribution is 5.82. The Morgan fingerprint density at radius 1 is 1.42 bits per heavy atom. The smallest absolute Gasteiger partial charge is 0.223 e. The van der Waals surface area contributed by atoms with Crippen LogP contribution in [-0.2, 0) is 4.79 Å². The zero-order valence-electron chi connectivity index (χ0n) is 11.5. The van der Waals surface area contributed by atoms with Gasteiger partial charge in [-0.05, 0) is 36.5 Å². The largest absolute Gasteiger partial charge is 0.386 e. The lowest BCUT2D eigenvalue weighted by Gasteiger charge is -2.21. The van der Waals surface area contributed by atoms with Crippen LogP contribution in [0.1, 0.15) is 38.9 Å². The first kappa shape index (κ1) is 14.0. The number of carbonyl (C=O) groups is 1. The Balaban J connectivity index is 1.94. The van der Waals surface area contributed by atoms with Gasteiger partial charge in [-0.25, -0.2) is 4.39 Å². The number of hydrogen-bond acceptors (Lipinski definition) is 2. The van der Waals surface area contributed by atoms with Crippen molar-refractivity contribution in [2.45, 2.75) is 39.3 Å². The molecule has 0 bridgehead atoms. The van der Waals surface area contributed by atoms with E-state index in [9.17, 15) is 14.3 Å². The minimum absolute atomic E-state index is 0.0151. The van der Waals surface area contributed by atoms with Crippen molar-refractivity contribution in [2.75, 3.05) is 0 Å². The summed E-state index contributed by atoms with van der Waals surface area (Å²) in [6.45, 7) is 5.86. The molecule has 3 atom stereocenters. The first-order valence-electron chi connectivity index (χ1n) is 6.55. The summed E-state index contributed by atoms with van der Waals surface area (Å²) >= 11 is 0. The predicted molar refractivity (Wildman–Crippen MR) is 70.9 cm³/mol. The molecule has 0 radical (unpaired) electrons. The molecule has 0 heterocycles. The highest BCUT2D eigenvalue weighted by Gasteiger charge is 2.50. The summed E-state index contributed by atoms with van der Waals surface area (Å²) in [5, 5.41) is 13.0. The van der Waals surface area contributed by atoms with Crippen LogP contribution in [0.5, 0.6) is 0 Å². The van der Waals surface area contributed by atoms with Crippen molar-refractivity contribution in [3.05, 3.63) is 35.6 Å². The molecule has 1 aliphatic rings. The van der Waals surface area contributed by atoms with Gasteiger partial charge in [-0.15, -0.1) is 0 Å². The fourth-order valence-electron chi connectivity index (χ4n) is 2.27. The Hall–Kier alpha value is -1.42. The van der Waals surface area contributed by atoms with Crippen molar-refractivity contribution in [3.63, 3.8) is 0 Å². The standard InChI is InChI=1S/C15H20FNO2/c1-9(17-14(19)12-8-15(12,2)3)13(18)10-4-6-11(16)7-5-10/h4-7,9,12-13,18H,8H2,1-3H3,(H,17,19). The molecule has 0 spiro atoms. The third kappa shape index (κ3) is 3.13. The lowest BCUT2D eigenvalue weighted by atomic mass is 10.0. The van der Waals surface area contributed by atoms with Crippen LogP contribution >= 0.6 is 0 Å². The zero-order chi connectivity index (χ0) is 14.2. The molecule has 2 rings (SSSR count). The summed E-state index contributed by atoms with van der Waals surface area (Å²) in [5.41, 5.74) is 0.675. The fraction of sp³-hybridized carbons (Fsp3) is 0.533. The summed E-state index contributed by atoms with van der Waals surface area (Å²) in [7, 11) is 0. The van der Waals surface area contributed by atoms with Crippen molar-refractivity contribution in [3.8, 4) is 0 Å². The SMILES string of the molecule is CC(NC(=O)C1CC1(C)C)C(O)c1ccc(F)cc1. The van der Waals surface area contributed by atoms with Gasteiger partial charge >= 0.3 is 0 Å². The highest BCUT2D eigenvalue weighted by atomic mass is 19.1. The Morgan fingerprint density at radius 3 is 2.42 bits per heavy atom. The lowest BCUT2D eigenvalue weighted by molar-refractivity contribution is -0.124. The first-order chi connectivity index (χ1) is 8.81. The molecular formula is C15H20FNO2. The van der Waals surface area contributed by atoms with Crippen molar-refractivity contribution in [2.24, 2.45) is 11.3 Å². The monoisotopic (exact) mass is 265 g/mol. The van der Waals surface area contributed by atoms with Crippen LogP contribution in [-0.4, -0.2) is 17.1 Å². The quantitative estimate of drug-likeness (QED) is 0.878. The number of rotatable bonds is 4. The van der Waals surface area contributed by atoms with E-state index in [-0.39, 0.29) is 23.1 Å². The van der Waals surface area contributed by atoms with Gasteiger partial charge in [0.2, 0.25) is 5.91 Å². The average molecular weight is 265 g/mol. The topological polar surface area (TPSA) is 49.3 Å². The lowest BCUT2D eigenvalue weighted by Crippen LogP contribution is -2.38. The summed E-state index contributed by atoms with van der Waals surface area (Å²) < 4.78 is 12.8. The van der Waals surface area contributed by atoms with Crippen LogP contribution in [0.15, 0.2) is 24.3 Å². The normalized spacial score (nSPS) is 23.5. The molecule has 1 aromatic carbocycles. The minimum atomic E-state index is -0.827. The van der Waals surface area contributed by atoms with E-state index in [1.807, 2.05) is 0 Å². The van der Waals surface area contributed by atoms with Crippen LogP contribution < -0.4 is 5.32 Å². The van der Waals surface area contributed by atoms with E-state index >= 15 is 0 Å². The second kappa shape index (κ2) is 4.93. The minimum Gasteiger partial charge on any atom is -0.386 e. The van der Waals surface area contributed by atoms with Crippen LogP contribution in [0.25, 0.3) is 0 Å². The maximum atomic E-state index is 12.8. The zero-order valence-corrected chi connectivity index (χ0v) is 11.5. The second-order valence-electron chi connectivity index (χ2n) is 6.04. The number of nitrogens with one attached hydrogen (secondary N) is 1. The Morgan fingerprint density at radius 2 is 1.95 bits per heavy atom. The van der Waals surface area contributed by atoms with Gasteiger partial charge in [-0.1, -0.05) is 26.0 Å². The third-order valence-electron chi connectivity index (χ3n) is 3.88. The number of hydrogen-bond donors (Lipinski definition) is 2. The predicted octanol–water partition coefficient (Wildman–Crippen LogP) is 2.41. The van der Waals surface area contributed by atoms with E-state index < -0.39 is 12.1 Å². The number of amides is 1. The molecule has 3 unspecified atom stereocenters. The van der Waals surface area contributed by atoms with Gasteiger partial charge < -0.3 is 10.4 Å². The van der Waals surface area contributed by atoms with Gasteiger partial charge in [-0.2, -0.15) is 0 Å². The number of carbonyl (C=O) groups excluding carboxylic acids is 1. The highest BCUT2D eigenvalue weighted by Crippen LogP contribution is 2.51. The van der Waals surface area contributed by atoms with Crippen LogP contribution in [0.2, 0.25) is 0 Å². The third-order valence-corrected chi connectivity index (χ3v) is 3.88. The molecule has 2 N–H and O–H groups in total. The molecule has 1 amide bonds. The van der Waals surface area contributed by atoms with E-state index in [2.05, 4.69) is 19.2 Å². The molecule has 0 saturated heterocycles. The van der Waals surface area contributed by atoms with E-state index in [0.717, 1.165) is 6.42 Å². The fourth-order valence-corrected chi connectivity index (χ4v) is 2.27. The molecule has 1 fully saturated rings. The van der Waals surface area contributed by atoms with E-state index in [4.69, 9.17) is 0 Å². The Kier molecular flexibility index (Phi) is 3.63. The van der Waals surface area contributed by atoms with Gasteiger partial charge in [0.1, 0.15) is 5.82 Å². The molecule has 3 nitrogen and oxygen atoms in total. The molecule has 1 aromatic rings. The maximum absolute atomic E-state index is 12.8. The number of halogens is 1. The van der Waals surface area contributed by atoms with Gasteiger partial charge in [-0.3, -0.25) is 4.79 Å². The molecule has 1 saturated carbocycles. The molecule has 0 aliphatic heterocycles. The van der Waals surface area contributed by atoms with E-state index in [1.165, 1.54) is 24.3 Å². The van der Waals surface area contributed by atoms with Crippen molar-refractivity contribution < 1.29 is 14.3 Å². The summed E-state index contributed by atoms with van der Waals surface area (Å²) in [5.74, 6) is -0.318. The van der Waals surface area contributed by atoms with Crippen molar-refractivity contribution in [1.29, 1.82) is 0 Å². The molecule has 1 aliphatic carbocycles. The van der Waals surface area contributed by atoms with Crippen LogP contribution in [0, 0.1) is 17.2 Å². The first-order valence-corrected chi connectivity index (χ1v) is 6.55. The van der Waals surface area contributed by atoms with Crippen LogP contribution in [0.4, 0.5) is 4.39 Å². The number of aliphatic hydroxyl groups excluding tert-OH is 1. The van der Waals surface area contributed by atoms with Crippen LogP contribution in [0.3, 0.4) is 0 Å². The number of benzene rings is 1. The summed E-state index contributed by atoms with van der Waals surface area (Å²) in [6.07, 6.45) is 0.0597. The molecule has 104 valence electrons. The summed E-state index contributed by atoms with van der Waals surface area (Å²) in [4.78, 5) is 11.9. The summed E-state index contributed by atoms with van der Waals surface area (Å²) in [6, 6.07) is 5.27. The Bertz CT molecular complexity index is 470. The number of aliphatic hydroxyl groups is 1. The van der Waals surface area contributed by atoms with E-state index in [0.29, 0.717) is 5.56 Å². The second-order valence-corrected chi connectivity index (χ2v) is 6.04. The maximum Gasteiger partial charge on any atom is 0.223 e. The van der Waals surface area contributed by atoms with Crippen molar-refractivity contribution in [1.82, 2.24) is 5.32 Å². The van der Waals surface area contributed by atoms with Gasteiger partial charge in [0.25, 0.3) is 0 Å². The molecular weight excluding hydrogens is 245 g/mol. The van der Waals surface area contributed by atoms with Gasteiger partial charge in [0, 0.05) is 5.92 Å². The average Bonchev–Trinajstić information content (AvgIpc) is 2.98. The molecule has 0 aromatic heterocycles. The van der Waals surface area contributed by atoms with Gasteiger partial charge in [0.05, 0.1) is 12.1 Å². The molecule has 19 heavy (non-hydrogen) atoms. The van der Waals surface area contributed by atoms with Gasteiger partial charge in [0.15, 0.2) is 0 Å². The molecule has 4 heteroatoms. The van der Waals surface area contributed by atoms with Crippen molar-refractivity contribution >= 4 is 5.91 Å². The Labute approximate surface area is 112 Å².